The van der Waals surface area contributed by atoms with Gasteiger partial charge in [0.05, 0.1) is 12.3 Å². The third-order valence-electron chi connectivity index (χ3n) is 3.67. The first-order valence-electron chi connectivity index (χ1n) is 8.54. The number of hydrogen-bond donors (Lipinski definition) is 1. The van der Waals surface area contributed by atoms with Crippen LogP contribution in [0, 0.1) is 13.8 Å². The number of benzene rings is 2. The van der Waals surface area contributed by atoms with Crippen LogP contribution in [0.2, 0.25) is 5.02 Å². The molecular weight excluding hydrogens is 338 g/mol. The molecule has 2 rings (SSSR count). The third kappa shape index (κ3) is 6.15. The van der Waals surface area contributed by atoms with Crippen LogP contribution in [0.25, 0.3) is 0 Å². The number of rotatable bonds is 10. The van der Waals surface area contributed by atoms with Gasteiger partial charge in [0.15, 0.2) is 0 Å². The molecule has 0 saturated carbocycles. The fourth-order valence-corrected chi connectivity index (χ4v) is 2.55. The average Bonchev–Trinajstić information content (AvgIpc) is 2.61. The van der Waals surface area contributed by atoms with E-state index in [1.54, 1.807) is 0 Å². The molecule has 0 bridgehead atoms. The highest BCUT2D eigenvalue weighted by atomic mass is 35.5. The molecule has 0 radical (unpaired) electrons. The van der Waals surface area contributed by atoms with Crippen molar-refractivity contribution < 1.29 is 14.2 Å². The second-order valence-electron chi connectivity index (χ2n) is 5.69. The van der Waals surface area contributed by atoms with Crippen molar-refractivity contribution in [1.29, 1.82) is 0 Å². The largest absolute Gasteiger partial charge is 0.492 e. The van der Waals surface area contributed by atoms with Crippen molar-refractivity contribution in [3.05, 3.63) is 52.5 Å². The smallest absolute Gasteiger partial charge is 0.142 e. The van der Waals surface area contributed by atoms with E-state index in [2.05, 4.69) is 5.32 Å². The highest BCUT2D eigenvalue weighted by molar-refractivity contribution is 6.32. The van der Waals surface area contributed by atoms with E-state index in [0.29, 0.717) is 33.0 Å². The minimum absolute atomic E-state index is 0.534. The molecule has 0 amide bonds. The number of ether oxygens (including phenoxy) is 3. The Morgan fingerprint density at radius 2 is 1.68 bits per heavy atom. The predicted molar refractivity (Wildman–Crippen MR) is 103 cm³/mol. The molecular formula is C20H26ClNO3. The molecule has 0 aliphatic heterocycles. The van der Waals surface area contributed by atoms with E-state index in [0.717, 1.165) is 33.3 Å². The van der Waals surface area contributed by atoms with Crippen LogP contribution in [0.5, 0.6) is 11.5 Å². The molecule has 1 N–H and O–H groups in total. The van der Waals surface area contributed by atoms with Crippen molar-refractivity contribution in [2.24, 2.45) is 0 Å². The van der Waals surface area contributed by atoms with Gasteiger partial charge in [0.1, 0.15) is 24.7 Å². The minimum Gasteiger partial charge on any atom is -0.492 e. The average molecular weight is 364 g/mol. The number of anilines is 1. The van der Waals surface area contributed by atoms with Gasteiger partial charge in [-0.25, -0.2) is 0 Å². The van der Waals surface area contributed by atoms with Crippen LogP contribution in [0.1, 0.15) is 18.1 Å². The van der Waals surface area contributed by atoms with Gasteiger partial charge in [-0.2, -0.15) is 0 Å². The highest BCUT2D eigenvalue weighted by Crippen LogP contribution is 2.26. The van der Waals surface area contributed by atoms with Crippen LogP contribution in [0.4, 0.5) is 5.69 Å². The van der Waals surface area contributed by atoms with Crippen LogP contribution in [-0.2, 0) is 4.74 Å². The molecule has 0 aromatic heterocycles. The lowest BCUT2D eigenvalue weighted by Gasteiger charge is -2.14. The molecule has 0 spiro atoms. The van der Waals surface area contributed by atoms with Crippen molar-refractivity contribution in [1.82, 2.24) is 0 Å². The molecule has 2 aromatic carbocycles. The van der Waals surface area contributed by atoms with Crippen LogP contribution in [0.3, 0.4) is 0 Å². The molecule has 0 saturated heterocycles. The summed E-state index contributed by atoms with van der Waals surface area (Å²) in [5.74, 6) is 1.66. The second kappa shape index (κ2) is 10.2. The second-order valence-corrected chi connectivity index (χ2v) is 6.07. The quantitative estimate of drug-likeness (QED) is 0.612. The van der Waals surface area contributed by atoms with Gasteiger partial charge < -0.3 is 19.5 Å². The first-order valence-corrected chi connectivity index (χ1v) is 8.92. The van der Waals surface area contributed by atoms with Gasteiger partial charge in [-0.05, 0) is 56.2 Å². The number of halogens is 1. The molecule has 0 atom stereocenters. The van der Waals surface area contributed by atoms with E-state index in [9.17, 15) is 0 Å². The van der Waals surface area contributed by atoms with Gasteiger partial charge in [-0.15, -0.1) is 0 Å². The molecule has 25 heavy (non-hydrogen) atoms. The first-order chi connectivity index (χ1) is 12.1. The van der Waals surface area contributed by atoms with E-state index in [1.807, 2.05) is 57.2 Å². The van der Waals surface area contributed by atoms with Crippen LogP contribution in [0.15, 0.2) is 36.4 Å². The van der Waals surface area contributed by atoms with Crippen molar-refractivity contribution in [2.45, 2.75) is 20.8 Å². The molecule has 0 unspecified atom stereocenters. The van der Waals surface area contributed by atoms with E-state index < -0.39 is 0 Å². The number of aryl methyl sites for hydroxylation is 2. The minimum atomic E-state index is 0.534. The molecule has 0 aliphatic carbocycles. The summed E-state index contributed by atoms with van der Waals surface area (Å²) in [6, 6.07) is 11.8. The Morgan fingerprint density at radius 1 is 0.960 bits per heavy atom. The Labute approximate surface area is 155 Å². The molecule has 0 heterocycles. The zero-order valence-electron chi connectivity index (χ0n) is 15.1. The summed E-state index contributed by atoms with van der Waals surface area (Å²) in [6.07, 6.45) is 0. The maximum atomic E-state index is 6.18. The Morgan fingerprint density at radius 3 is 2.40 bits per heavy atom. The topological polar surface area (TPSA) is 39.7 Å². The summed E-state index contributed by atoms with van der Waals surface area (Å²) in [5, 5.41) is 4.14. The lowest BCUT2D eigenvalue weighted by atomic mass is 10.1. The molecule has 4 nitrogen and oxygen atoms in total. The fourth-order valence-electron chi connectivity index (χ4n) is 2.44. The van der Waals surface area contributed by atoms with E-state index in [4.69, 9.17) is 25.8 Å². The van der Waals surface area contributed by atoms with Gasteiger partial charge >= 0.3 is 0 Å². The van der Waals surface area contributed by atoms with Crippen LogP contribution in [-0.4, -0.2) is 33.0 Å². The summed E-state index contributed by atoms with van der Waals surface area (Å²) in [7, 11) is 0. The summed E-state index contributed by atoms with van der Waals surface area (Å²) in [4.78, 5) is 0. The number of para-hydroxylation sites is 2. The Bertz CT molecular complexity index is 653. The normalized spacial score (nSPS) is 10.6. The van der Waals surface area contributed by atoms with Crippen LogP contribution < -0.4 is 14.8 Å². The van der Waals surface area contributed by atoms with Gasteiger partial charge in [-0.1, -0.05) is 23.7 Å². The molecule has 0 aliphatic rings. The molecule has 136 valence electrons. The zero-order valence-corrected chi connectivity index (χ0v) is 15.9. The first kappa shape index (κ1) is 19.4. The summed E-state index contributed by atoms with van der Waals surface area (Å²) >= 11 is 6.18. The van der Waals surface area contributed by atoms with E-state index >= 15 is 0 Å². The van der Waals surface area contributed by atoms with Gasteiger partial charge in [-0.3, -0.25) is 0 Å². The van der Waals surface area contributed by atoms with Gasteiger partial charge in [0.25, 0.3) is 0 Å². The zero-order chi connectivity index (χ0) is 18.1. The van der Waals surface area contributed by atoms with Gasteiger partial charge in [0.2, 0.25) is 0 Å². The monoisotopic (exact) mass is 363 g/mol. The summed E-state index contributed by atoms with van der Waals surface area (Å²) in [6.45, 7) is 8.98. The molecule has 2 aromatic rings. The van der Waals surface area contributed by atoms with Crippen molar-refractivity contribution >= 4 is 17.3 Å². The lowest BCUT2D eigenvalue weighted by molar-refractivity contribution is 0.110. The maximum Gasteiger partial charge on any atom is 0.142 e. The predicted octanol–water partition coefficient (Wildman–Crippen LogP) is 4.86. The molecule has 5 heteroatoms. The highest BCUT2D eigenvalue weighted by Gasteiger charge is 2.05. The number of hydrogen-bond acceptors (Lipinski definition) is 4. The maximum absolute atomic E-state index is 6.18. The molecule has 0 fully saturated rings. The Hall–Kier alpha value is -1.91. The van der Waals surface area contributed by atoms with Crippen molar-refractivity contribution in [2.75, 3.05) is 38.3 Å². The summed E-state index contributed by atoms with van der Waals surface area (Å²) in [5.41, 5.74) is 3.00. The number of nitrogens with one attached hydrogen (secondary N) is 1. The lowest BCUT2D eigenvalue weighted by Crippen LogP contribution is -2.13. The van der Waals surface area contributed by atoms with Crippen molar-refractivity contribution in [3.63, 3.8) is 0 Å². The Kier molecular flexibility index (Phi) is 7.89. The SMILES string of the molecule is CCOCCOc1ccccc1NCCOc1cc(C)c(Cl)c(C)c1. The van der Waals surface area contributed by atoms with Crippen molar-refractivity contribution in [3.8, 4) is 11.5 Å². The Balaban J connectivity index is 1.81. The fraction of sp³-hybridized carbons (Fsp3) is 0.400. The van der Waals surface area contributed by atoms with Gasteiger partial charge in [0, 0.05) is 18.2 Å². The summed E-state index contributed by atoms with van der Waals surface area (Å²) < 4.78 is 16.9. The standard InChI is InChI=1S/C20H26ClNO3/c1-4-23-11-12-25-19-8-6-5-7-18(19)22-9-10-24-17-13-15(2)20(21)16(3)14-17/h5-8,13-14,22H,4,9-12H2,1-3H3. The third-order valence-corrected chi connectivity index (χ3v) is 4.27. The van der Waals surface area contributed by atoms with Crippen LogP contribution >= 0.6 is 11.6 Å². The van der Waals surface area contributed by atoms with E-state index in [1.165, 1.54) is 0 Å². The van der Waals surface area contributed by atoms with E-state index in [-0.39, 0.29) is 0 Å².